The van der Waals surface area contributed by atoms with Crippen LogP contribution in [0.5, 0.6) is 5.75 Å². The van der Waals surface area contributed by atoms with Crippen LogP contribution in [0, 0.1) is 0 Å². The van der Waals surface area contributed by atoms with E-state index in [4.69, 9.17) is 4.74 Å². The van der Waals surface area contributed by atoms with Gasteiger partial charge in [-0.1, -0.05) is 42.5 Å². The van der Waals surface area contributed by atoms with Gasteiger partial charge >= 0.3 is 0 Å². The van der Waals surface area contributed by atoms with E-state index in [9.17, 15) is 9.59 Å². The maximum absolute atomic E-state index is 13.0. The fourth-order valence-electron chi connectivity index (χ4n) is 3.85. The number of ether oxygens (including phenoxy) is 1. The number of imide groups is 1. The summed E-state index contributed by atoms with van der Waals surface area (Å²) in [5.41, 5.74) is 2.29. The highest BCUT2D eigenvalue weighted by Crippen LogP contribution is 2.32. The van der Waals surface area contributed by atoms with Crippen molar-refractivity contribution in [2.75, 3.05) is 38.2 Å². The third-order valence-electron chi connectivity index (χ3n) is 5.34. The van der Waals surface area contributed by atoms with Crippen molar-refractivity contribution >= 4 is 17.5 Å². The number of benzene rings is 2. The molecule has 28 heavy (non-hydrogen) atoms. The van der Waals surface area contributed by atoms with Gasteiger partial charge in [-0.2, -0.15) is 0 Å². The highest BCUT2D eigenvalue weighted by Gasteiger charge is 2.38. The Labute approximate surface area is 164 Å². The molecular weight excluding hydrogens is 354 g/mol. The van der Waals surface area contributed by atoms with Gasteiger partial charge < -0.3 is 14.5 Å². The molecule has 2 aliphatic rings. The van der Waals surface area contributed by atoms with Crippen molar-refractivity contribution < 1.29 is 19.2 Å². The van der Waals surface area contributed by atoms with Crippen molar-refractivity contribution in [3.05, 3.63) is 71.9 Å². The molecule has 0 atom stereocenters. The third kappa shape index (κ3) is 3.51. The van der Waals surface area contributed by atoms with Crippen LogP contribution in [0.4, 0.5) is 5.69 Å². The zero-order valence-corrected chi connectivity index (χ0v) is 15.9. The Balaban J connectivity index is 1.43. The second-order valence-corrected chi connectivity index (χ2v) is 7.08. The van der Waals surface area contributed by atoms with Crippen LogP contribution >= 0.6 is 0 Å². The van der Waals surface area contributed by atoms with Crippen molar-refractivity contribution in [1.82, 2.24) is 4.90 Å². The molecule has 0 spiro atoms. The lowest BCUT2D eigenvalue weighted by Crippen LogP contribution is -3.13. The maximum atomic E-state index is 13.0. The van der Waals surface area contributed by atoms with Gasteiger partial charge in [-0.05, 0) is 12.1 Å². The minimum atomic E-state index is -0.316. The van der Waals surface area contributed by atoms with Crippen LogP contribution in [0.1, 0.15) is 5.56 Å². The Morgan fingerprint density at radius 1 is 0.964 bits per heavy atom. The number of para-hydroxylation sites is 2. The van der Waals surface area contributed by atoms with E-state index in [1.54, 1.807) is 18.2 Å². The van der Waals surface area contributed by atoms with Crippen LogP contribution in [0.15, 0.2) is 66.4 Å². The fourth-order valence-corrected chi connectivity index (χ4v) is 3.85. The van der Waals surface area contributed by atoms with Gasteiger partial charge in [0.2, 0.25) is 0 Å². The quantitative estimate of drug-likeness (QED) is 0.784. The van der Waals surface area contributed by atoms with Gasteiger partial charge in [0.15, 0.2) is 0 Å². The van der Waals surface area contributed by atoms with Crippen molar-refractivity contribution in [3.63, 3.8) is 0 Å². The highest BCUT2D eigenvalue weighted by molar-refractivity contribution is 6.30. The summed E-state index contributed by atoms with van der Waals surface area (Å²) in [6.07, 6.45) is 1.46. The lowest BCUT2D eigenvalue weighted by Gasteiger charge is -2.33. The van der Waals surface area contributed by atoms with Gasteiger partial charge in [0, 0.05) is 11.6 Å². The van der Waals surface area contributed by atoms with E-state index >= 15 is 0 Å². The van der Waals surface area contributed by atoms with Gasteiger partial charge in [-0.25, -0.2) is 4.90 Å². The van der Waals surface area contributed by atoms with Gasteiger partial charge in [-0.3, -0.25) is 9.59 Å². The molecule has 0 bridgehead atoms. The van der Waals surface area contributed by atoms with E-state index in [1.165, 1.54) is 28.5 Å². The first-order valence-corrected chi connectivity index (χ1v) is 9.53. The smallest absolute Gasteiger partial charge is 0.281 e. The molecule has 1 N–H and O–H groups in total. The zero-order valence-electron chi connectivity index (χ0n) is 15.9. The molecule has 4 rings (SSSR count). The molecule has 6 heteroatoms. The van der Waals surface area contributed by atoms with Crippen LogP contribution < -0.4 is 14.5 Å². The Morgan fingerprint density at radius 2 is 1.64 bits per heavy atom. The topological polar surface area (TPSA) is 54.3 Å². The molecule has 2 amide bonds. The SMILES string of the molecule is COc1ccccc1N1C(=O)C=C(N2CC[NH+](Cc3ccccc3)CC2)C1=O. The van der Waals surface area contributed by atoms with Crippen LogP contribution in [-0.2, 0) is 16.1 Å². The largest absolute Gasteiger partial charge is 0.495 e. The number of amides is 2. The van der Waals surface area contributed by atoms with Crippen molar-refractivity contribution in [2.24, 2.45) is 0 Å². The number of hydrogen-bond acceptors (Lipinski definition) is 4. The first-order chi connectivity index (χ1) is 13.7. The summed E-state index contributed by atoms with van der Waals surface area (Å²) in [5.74, 6) is -0.0828. The van der Waals surface area contributed by atoms with E-state index in [1.807, 2.05) is 17.0 Å². The fraction of sp³-hybridized carbons (Fsp3) is 0.273. The summed E-state index contributed by atoms with van der Waals surface area (Å²) in [7, 11) is 1.53. The minimum Gasteiger partial charge on any atom is -0.495 e. The molecular formula is C22H24N3O3+. The summed E-state index contributed by atoms with van der Waals surface area (Å²) in [6, 6.07) is 17.5. The summed E-state index contributed by atoms with van der Waals surface area (Å²) in [5, 5.41) is 0. The normalized spacial score (nSPS) is 17.8. The van der Waals surface area contributed by atoms with E-state index in [-0.39, 0.29) is 11.8 Å². The molecule has 0 saturated carbocycles. The average Bonchev–Trinajstić information content (AvgIpc) is 3.03. The number of nitrogens with zero attached hydrogens (tertiary/aromatic N) is 2. The van der Waals surface area contributed by atoms with Crippen molar-refractivity contribution in [2.45, 2.75) is 6.54 Å². The van der Waals surface area contributed by atoms with Crippen LogP contribution in [-0.4, -0.2) is 50.0 Å². The molecule has 144 valence electrons. The summed E-state index contributed by atoms with van der Waals surface area (Å²) < 4.78 is 5.32. The number of piperazine rings is 1. The maximum Gasteiger partial charge on any atom is 0.281 e. The molecule has 2 aromatic rings. The minimum absolute atomic E-state index is 0.277. The summed E-state index contributed by atoms with van der Waals surface area (Å²) >= 11 is 0. The number of quaternary nitrogens is 1. The number of hydrogen-bond donors (Lipinski definition) is 1. The summed E-state index contributed by atoms with van der Waals surface area (Å²) in [6.45, 7) is 4.36. The Kier molecular flexibility index (Phi) is 5.12. The Morgan fingerprint density at radius 3 is 2.36 bits per heavy atom. The number of carbonyl (C=O) groups excluding carboxylic acids is 2. The molecule has 2 heterocycles. The van der Waals surface area contributed by atoms with Gasteiger partial charge in [0.25, 0.3) is 11.8 Å². The monoisotopic (exact) mass is 378 g/mol. The van der Waals surface area contributed by atoms with Crippen LogP contribution in [0.2, 0.25) is 0 Å². The predicted octanol–water partition coefficient (Wildman–Crippen LogP) is 0.853. The van der Waals surface area contributed by atoms with Gasteiger partial charge in [0.1, 0.15) is 18.0 Å². The number of rotatable bonds is 5. The molecule has 0 aromatic heterocycles. The molecule has 0 radical (unpaired) electrons. The predicted molar refractivity (Wildman–Crippen MR) is 106 cm³/mol. The lowest BCUT2D eigenvalue weighted by atomic mass is 10.2. The van der Waals surface area contributed by atoms with Gasteiger partial charge in [0.05, 0.1) is 39.0 Å². The molecule has 1 fully saturated rings. The standard InChI is InChI=1S/C22H23N3O3/c1-28-20-10-6-5-9-18(20)25-21(26)15-19(22(25)27)24-13-11-23(12-14-24)16-17-7-3-2-4-8-17/h2-10,15H,11-14,16H2,1H3/p+1. The van der Waals surface area contributed by atoms with Crippen LogP contribution in [0.3, 0.4) is 0 Å². The lowest BCUT2D eigenvalue weighted by molar-refractivity contribution is -0.917. The third-order valence-corrected chi connectivity index (χ3v) is 5.34. The van der Waals surface area contributed by atoms with E-state index in [0.717, 1.165) is 32.7 Å². The number of methoxy groups -OCH3 is 1. The van der Waals surface area contributed by atoms with Crippen molar-refractivity contribution in [1.29, 1.82) is 0 Å². The van der Waals surface area contributed by atoms with Crippen LogP contribution in [0.25, 0.3) is 0 Å². The van der Waals surface area contributed by atoms with Gasteiger partial charge in [-0.15, -0.1) is 0 Å². The van der Waals surface area contributed by atoms with E-state index < -0.39 is 0 Å². The molecule has 6 nitrogen and oxygen atoms in total. The Bertz CT molecular complexity index is 902. The zero-order chi connectivity index (χ0) is 19.5. The highest BCUT2D eigenvalue weighted by atomic mass is 16.5. The average molecular weight is 378 g/mol. The van der Waals surface area contributed by atoms with E-state index in [2.05, 4.69) is 24.3 Å². The number of carbonyl (C=O) groups is 2. The Hall–Kier alpha value is -3.12. The second-order valence-electron chi connectivity index (χ2n) is 7.08. The first kappa shape index (κ1) is 18.3. The molecule has 1 saturated heterocycles. The molecule has 2 aromatic carbocycles. The molecule has 0 unspecified atom stereocenters. The summed E-state index contributed by atoms with van der Waals surface area (Å²) in [4.78, 5) is 30.3. The molecule has 0 aliphatic carbocycles. The first-order valence-electron chi connectivity index (χ1n) is 9.53. The number of anilines is 1. The second kappa shape index (κ2) is 7.86. The molecule has 2 aliphatic heterocycles. The van der Waals surface area contributed by atoms with Crippen molar-refractivity contribution in [3.8, 4) is 5.75 Å². The van der Waals surface area contributed by atoms with E-state index in [0.29, 0.717) is 17.1 Å². The number of nitrogens with one attached hydrogen (secondary N) is 1.